The van der Waals surface area contributed by atoms with E-state index in [2.05, 4.69) is 10.2 Å². The first-order valence-electron chi connectivity index (χ1n) is 8.05. The number of hydrogen-bond donors (Lipinski definition) is 0. The molecule has 1 aliphatic carbocycles. The summed E-state index contributed by atoms with van der Waals surface area (Å²) in [6, 6.07) is 0. The molecule has 130 valence electrons. The highest BCUT2D eigenvalue weighted by Crippen LogP contribution is 2.46. The summed E-state index contributed by atoms with van der Waals surface area (Å²) in [5, 5.41) is 8.92. The maximum atomic E-state index is 15.2. The van der Waals surface area contributed by atoms with Gasteiger partial charge >= 0.3 is 0 Å². The number of carbonyl (C=O) groups is 2. The van der Waals surface area contributed by atoms with E-state index in [1.54, 1.807) is 6.92 Å². The van der Waals surface area contributed by atoms with Gasteiger partial charge in [0, 0.05) is 6.54 Å². The van der Waals surface area contributed by atoms with E-state index in [4.69, 9.17) is 0 Å². The molecule has 2 atom stereocenters. The van der Waals surface area contributed by atoms with E-state index >= 15 is 8.78 Å². The molecule has 24 heavy (non-hydrogen) atoms. The van der Waals surface area contributed by atoms with Crippen LogP contribution in [0.2, 0.25) is 0 Å². The average molecular weight is 356 g/mol. The van der Waals surface area contributed by atoms with E-state index in [-0.39, 0.29) is 19.5 Å². The van der Waals surface area contributed by atoms with Gasteiger partial charge in [-0.2, -0.15) is 0 Å². The first-order valence-corrected chi connectivity index (χ1v) is 8.86. The maximum absolute atomic E-state index is 15.2. The zero-order chi connectivity index (χ0) is 17.1. The largest absolute Gasteiger partial charge is 0.336 e. The monoisotopic (exact) mass is 356 g/mol. The van der Waals surface area contributed by atoms with Crippen LogP contribution in [0.25, 0.3) is 0 Å². The van der Waals surface area contributed by atoms with Gasteiger partial charge in [-0.25, -0.2) is 8.78 Å². The minimum Gasteiger partial charge on any atom is -0.336 e. The Hall–Kier alpha value is -1.64. The predicted octanol–water partition coefficient (Wildman–Crippen LogP) is 0.900. The third-order valence-corrected chi connectivity index (χ3v) is 5.87. The summed E-state index contributed by atoms with van der Waals surface area (Å²) >= 11 is 1.28. The molecule has 0 N–H and O–H groups in total. The molecule has 4 rings (SSSR count). The van der Waals surface area contributed by atoms with Crippen molar-refractivity contribution < 1.29 is 18.4 Å². The van der Waals surface area contributed by atoms with Gasteiger partial charge < -0.3 is 9.80 Å². The molecule has 3 fully saturated rings. The lowest BCUT2D eigenvalue weighted by Gasteiger charge is -2.22. The van der Waals surface area contributed by atoms with E-state index in [1.807, 2.05) is 0 Å². The molecule has 1 aromatic rings. The number of fused-ring (bicyclic) bond motifs is 1. The minimum atomic E-state index is -2.62. The average Bonchev–Trinajstić information content (AvgIpc) is 3.13. The molecule has 6 nitrogen and oxygen atoms in total. The predicted molar refractivity (Wildman–Crippen MR) is 81.9 cm³/mol. The number of halogens is 2. The number of amides is 2. The quantitative estimate of drug-likeness (QED) is 0.804. The third kappa shape index (κ3) is 2.40. The third-order valence-electron chi connectivity index (χ3n) is 5.03. The summed E-state index contributed by atoms with van der Waals surface area (Å²) < 4.78 is 30.3. The van der Waals surface area contributed by atoms with Gasteiger partial charge in [0.1, 0.15) is 10.0 Å². The molecule has 3 heterocycles. The minimum absolute atomic E-state index is 0.0440. The zero-order valence-electron chi connectivity index (χ0n) is 13.3. The van der Waals surface area contributed by atoms with Gasteiger partial charge in [-0.3, -0.25) is 9.59 Å². The van der Waals surface area contributed by atoms with Gasteiger partial charge in [-0.1, -0.05) is 0 Å². The van der Waals surface area contributed by atoms with Crippen LogP contribution in [-0.4, -0.2) is 69.3 Å². The Morgan fingerprint density at radius 3 is 2.62 bits per heavy atom. The Bertz CT molecular complexity index is 709. The van der Waals surface area contributed by atoms with E-state index in [1.165, 1.54) is 16.2 Å². The first kappa shape index (κ1) is 15.9. The van der Waals surface area contributed by atoms with Crippen LogP contribution in [0.3, 0.4) is 0 Å². The van der Waals surface area contributed by atoms with Gasteiger partial charge in [0.05, 0.1) is 26.1 Å². The van der Waals surface area contributed by atoms with Gasteiger partial charge in [0.15, 0.2) is 5.67 Å². The molecule has 0 aromatic carbocycles. The number of hydrogen-bond acceptors (Lipinski definition) is 5. The lowest BCUT2D eigenvalue weighted by Crippen LogP contribution is -2.47. The number of likely N-dealkylation sites (tertiary alicyclic amines) is 2. The summed E-state index contributed by atoms with van der Waals surface area (Å²) in [5.41, 5.74) is -4.93. The molecule has 0 unspecified atom stereocenters. The number of rotatable bonds is 4. The molecule has 1 saturated carbocycles. The van der Waals surface area contributed by atoms with Crippen molar-refractivity contribution in [3.63, 3.8) is 0 Å². The molecule has 3 aliphatic rings. The molecule has 0 spiro atoms. The molecule has 2 saturated heterocycles. The summed E-state index contributed by atoms with van der Waals surface area (Å²) in [6.07, 6.45) is 1.97. The zero-order valence-corrected chi connectivity index (χ0v) is 14.1. The van der Waals surface area contributed by atoms with Crippen LogP contribution in [0.1, 0.15) is 22.9 Å². The fraction of sp³-hybridized carbons (Fsp3) is 0.733. The second kappa shape index (κ2) is 5.18. The molecule has 0 bridgehead atoms. The van der Waals surface area contributed by atoms with E-state index < -0.39 is 29.7 Å². The van der Waals surface area contributed by atoms with Crippen LogP contribution < -0.4 is 0 Å². The van der Waals surface area contributed by atoms with Crippen molar-refractivity contribution in [3.05, 3.63) is 10.0 Å². The van der Waals surface area contributed by atoms with Crippen molar-refractivity contribution >= 4 is 23.2 Å². The number of carbonyl (C=O) groups excluding carboxylic acids is 2. The number of alkyl halides is 2. The van der Waals surface area contributed by atoms with Gasteiger partial charge in [-0.15, -0.1) is 21.5 Å². The summed E-state index contributed by atoms with van der Waals surface area (Å²) in [7, 11) is 0. The van der Waals surface area contributed by atoms with Crippen LogP contribution in [0.15, 0.2) is 0 Å². The number of aryl methyl sites for hydroxylation is 1. The second-order valence-corrected chi connectivity index (χ2v) is 8.30. The van der Waals surface area contributed by atoms with E-state index in [9.17, 15) is 9.59 Å². The SMILES string of the molecule is Cc1nnc(CC(=O)N2C[C@]3(F)CN(CC4CC4)C(=O)[C@]3(F)C2)s1. The molecule has 2 amide bonds. The van der Waals surface area contributed by atoms with Crippen LogP contribution in [0.4, 0.5) is 8.78 Å². The first-order chi connectivity index (χ1) is 11.3. The molecule has 0 radical (unpaired) electrons. The lowest BCUT2D eigenvalue weighted by molar-refractivity contribution is -0.140. The van der Waals surface area contributed by atoms with Crippen molar-refractivity contribution in [1.29, 1.82) is 0 Å². The fourth-order valence-electron chi connectivity index (χ4n) is 3.53. The van der Waals surface area contributed by atoms with Crippen molar-refractivity contribution in [2.75, 3.05) is 26.2 Å². The maximum Gasteiger partial charge on any atom is 0.265 e. The highest BCUT2D eigenvalue weighted by Gasteiger charge is 2.71. The molecular formula is C15H18F2N4O2S. The molecule has 9 heteroatoms. The Kier molecular flexibility index (Phi) is 3.42. The van der Waals surface area contributed by atoms with Crippen LogP contribution in [0.5, 0.6) is 0 Å². The van der Waals surface area contributed by atoms with E-state index in [0.29, 0.717) is 17.5 Å². The highest BCUT2D eigenvalue weighted by molar-refractivity contribution is 7.11. The lowest BCUT2D eigenvalue weighted by atomic mass is 9.93. The Balaban J connectivity index is 1.47. The smallest absolute Gasteiger partial charge is 0.265 e. The van der Waals surface area contributed by atoms with Crippen LogP contribution >= 0.6 is 11.3 Å². The highest BCUT2D eigenvalue weighted by atomic mass is 32.1. The van der Waals surface area contributed by atoms with Crippen LogP contribution in [0, 0.1) is 12.8 Å². The van der Waals surface area contributed by atoms with Crippen molar-refractivity contribution in [3.8, 4) is 0 Å². The van der Waals surface area contributed by atoms with Crippen molar-refractivity contribution in [1.82, 2.24) is 20.0 Å². The molecule has 2 aliphatic heterocycles. The summed E-state index contributed by atoms with van der Waals surface area (Å²) in [4.78, 5) is 27.1. The van der Waals surface area contributed by atoms with Crippen molar-refractivity contribution in [2.24, 2.45) is 5.92 Å². The second-order valence-electron chi connectivity index (χ2n) is 7.04. The van der Waals surface area contributed by atoms with Gasteiger partial charge in [-0.05, 0) is 25.7 Å². The molecule has 1 aromatic heterocycles. The Labute approximate surface area is 141 Å². The summed E-state index contributed by atoms with van der Waals surface area (Å²) in [6.45, 7) is 1.04. The fourth-order valence-corrected chi connectivity index (χ4v) is 4.23. The van der Waals surface area contributed by atoms with E-state index in [0.717, 1.165) is 22.7 Å². The normalized spacial score (nSPS) is 32.5. The van der Waals surface area contributed by atoms with Gasteiger partial charge in [0.25, 0.3) is 5.91 Å². The Morgan fingerprint density at radius 2 is 2.04 bits per heavy atom. The van der Waals surface area contributed by atoms with Crippen molar-refractivity contribution in [2.45, 2.75) is 37.5 Å². The standard InChI is InChI=1S/C15H18F2N4O2S/c1-9-18-19-11(24-9)4-12(22)21-7-14(16)6-20(5-10-2-3-10)13(23)15(14,17)8-21/h10H,2-8H2,1H3/t14-,15-/m1/s1. The number of aromatic nitrogens is 2. The number of nitrogens with zero attached hydrogens (tertiary/aromatic N) is 4. The summed E-state index contributed by atoms with van der Waals surface area (Å²) in [5.74, 6) is -0.853. The van der Waals surface area contributed by atoms with Gasteiger partial charge in [0.2, 0.25) is 11.6 Å². The molecular weight excluding hydrogens is 338 g/mol. The topological polar surface area (TPSA) is 66.4 Å². The van der Waals surface area contributed by atoms with Crippen LogP contribution in [-0.2, 0) is 16.0 Å². The Morgan fingerprint density at radius 1 is 1.29 bits per heavy atom.